The molecule has 18 heavy (non-hydrogen) atoms. The monoisotopic (exact) mass is 280 g/mol. The van der Waals surface area contributed by atoms with Gasteiger partial charge in [0.05, 0.1) is 0 Å². The summed E-state index contributed by atoms with van der Waals surface area (Å²) in [5.74, 6) is 0.863. The fourth-order valence-electron chi connectivity index (χ4n) is 3.37. The lowest BCUT2D eigenvalue weighted by Gasteiger charge is -2.19. The SMILES string of the molecule is ClC1CCCCC(CC2Cc3ccccc3S2)C1. The van der Waals surface area contributed by atoms with E-state index in [2.05, 4.69) is 36.0 Å². The number of benzene rings is 1. The number of fused-ring (bicyclic) bond motifs is 1. The maximum atomic E-state index is 6.38. The third-order valence-electron chi connectivity index (χ3n) is 4.28. The summed E-state index contributed by atoms with van der Waals surface area (Å²) in [6.45, 7) is 0. The van der Waals surface area contributed by atoms with Crippen molar-refractivity contribution in [2.75, 3.05) is 0 Å². The van der Waals surface area contributed by atoms with Gasteiger partial charge in [-0.1, -0.05) is 37.5 Å². The van der Waals surface area contributed by atoms with Gasteiger partial charge in [-0.15, -0.1) is 23.4 Å². The summed E-state index contributed by atoms with van der Waals surface area (Å²) in [5, 5.41) is 1.24. The van der Waals surface area contributed by atoms with Crippen LogP contribution in [0.5, 0.6) is 0 Å². The van der Waals surface area contributed by atoms with Gasteiger partial charge in [-0.05, 0) is 43.2 Å². The highest BCUT2D eigenvalue weighted by molar-refractivity contribution is 8.00. The molecule has 1 aliphatic heterocycles. The molecule has 1 aliphatic carbocycles. The Morgan fingerprint density at radius 1 is 1.17 bits per heavy atom. The van der Waals surface area contributed by atoms with Crippen LogP contribution in [0.3, 0.4) is 0 Å². The molecule has 1 aromatic carbocycles. The van der Waals surface area contributed by atoms with Crippen molar-refractivity contribution < 1.29 is 0 Å². The average molecular weight is 281 g/mol. The maximum Gasteiger partial charge on any atom is 0.0338 e. The Morgan fingerprint density at radius 2 is 2.00 bits per heavy atom. The summed E-state index contributed by atoms with van der Waals surface area (Å²) in [4.78, 5) is 1.51. The number of hydrogen-bond acceptors (Lipinski definition) is 1. The quantitative estimate of drug-likeness (QED) is 0.524. The highest BCUT2D eigenvalue weighted by atomic mass is 35.5. The summed E-state index contributed by atoms with van der Waals surface area (Å²) in [6, 6.07) is 8.90. The summed E-state index contributed by atoms with van der Waals surface area (Å²) in [7, 11) is 0. The van der Waals surface area contributed by atoms with Gasteiger partial charge in [0.15, 0.2) is 0 Å². The predicted octanol–water partition coefficient (Wildman–Crippen LogP) is 5.28. The molecular formula is C16H21ClS. The maximum absolute atomic E-state index is 6.38. The zero-order chi connectivity index (χ0) is 12.4. The molecule has 98 valence electrons. The first-order valence-electron chi connectivity index (χ1n) is 7.20. The van der Waals surface area contributed by atoms with Crippen LogP contribution in [0, 0.1) is 5.92 Å². The molecule has 0 saturated heterocycles. The Hall–Kier alpha value is -0.140. The molecule has 3 atom stereocenters. The van der Waals surface area contributed by atoms with Crippen LogP contribution >= 0.6 is 23.4 Å². The smallest absolute Gasteiger partial charge is 0.0338 e. The van der Waals surface area contributed by atoms with Gasteiger partial charge in [0.25, 0.3) is 0 Å². The van der Waals surface area contributed by atoms with Crippen LogP contribution in [0.1, 0.15) is 44.1 Å². The largest absolute Gasteiger partial charge is 0.123 e. The summed E-state index contributed by atoms with van der Waals surface area (Å²) in [6.07, 6.45) is 9.23. The zero-order valence-corrected chi connectivity index (χ0v) is 12.3. The number of halogens is 1. The first-order valence-corrected chi connectivity index (χ1v) is 8.51. The first kappa shape index (κ1) is 12.9. The molecule has 1 fully saturated rings. The second-order valence-electron chi connectivity index (χ2n) is 5.77. The number of alkyl halides is 1. The molecule has 1 saturated carbocycles. The van der Waals surface area contributed by atoms with Gasteiger partial charge in [-0.25, -0.2) is 0 Å². The molecule has 0 bridgehead atoms. The molecule has 3 unspecified atom stereocenters. The molecule has 0 spiro atoms. The molecule has 2 heteroatoms. The zero-order valence-electron chi connectivity index (χ0n) is 10.8. The summed E-state index contributed by atoms with van der Waals surface area (Å²) < 4.78 is 0. The van der Waals surface area contributed by atoms with Crippen LogP contribution < -0.4 is 0 Å². The van der Waals surface area contributed by atoms with Crippen LogP contribution in [-0.2, 0) is 6.42 Å². The third-order valence-corrected chi connectivity index (χ3v) is 6.02. The van der Waals surface area contributed by atoms with Gasteiger partial charge in [0.2, 0.25) is 0 Å². The minimum Gasteiger partial charge on any atom is -0.123 e. The lowest BCUT2D eigenvalue weighted by molar-refractivity contribution is 0.425. The second kappa shape index (κ2) is 5.88. The van der Waals surface area contributed by atoms with Gasteiger partial charge in [0, 0.05) is 15.5 Å². The van der Waals surface area contributed by atoms with E-state index in [1.54, 1.807) is 5.56 Å². The molecule has 0 nitrogen and oxygen atoms in total. The van der Waals surface area contributed by atoms with Crippen molar-refractivity contribution >= 4 is 23.4 Å². The second-order valence-corrected chi connectivity index (χ2v) is 7.73. The van der Waals surface area contributed by atoms with Crippen molar-refractivity contribution in [1.29, 1.82) is 0 Å². The molecular weight excluding hydrogens is 260 g/mol. The minimum absolute atomic E-state index is 0.436. The number of hydrogen-bond donors (Lipinski definition) is 0. The van der Waals surface area contributed by atoms with E-state index < -0.39 is 0 Å². The Balaban J connectivity index is 1.58. The van der Waals surface area contributed by atoms with Gasteiger partial charge in [-0.2, -0.15) is 0 Å². The molecule has 0 amide bonds. The van der Waals surface area contributed by atoms with Gasteiger partial charge in [-0.3, -0.25) is 0 Å². The van der Waals surface area contributed by atoms with Crippen molar-refractivity contribution in [2.45, 2.75) is 60.5 Å². The van der Waals surface area contributed by atoms with Crippen LogP contribution in [0.25, 0.3) is 0 Å². The fraction of sp³-hybridized carbons (Fsp3) is 0.625. The van der Waals surface area contributed by atoms with Crippen molar-refractivity contribution in [1.82, 2.24) is 0 Å². The van der Waals surface area contributed by atoms with E-state index in [-0.39, 0.29) is 0 Å². The normalized spacial score (nSPS) is 31.9. The number of rotatable bonds is 2. The number of thioether (sulfide) groups is 1. The molecule has 0 radical (unpaired) electrons. The van der Waals surface area contributed by atoms with Crippen LogP contribution in [-0.4, -0.2) is 10.6 Å². The van der Waals surface area contributed by atoms with Gasteiger partial charge in [0.1, 0.15) is 0 Å². The first-order chi connectivity index (χ1) is 8.81. The van der Waals surface area contributed by atoms with E-state index in [9.17, 15) is 0 Å². The molecule has 1 heterocycles. The lowest BCUT2D eigenvalue weighted by Crippen LogP contribution is -2.12. The molecule has 0 aromatic heterocycles. The minimum atomic E-state index is 0.436. The van der Waals surface area contributed by atoms with E-state index in [1.165, 1.54) is 49.8 Å². The van der Waals surface area contributed by atoms with Gasteiger partial charge < -0.3 is 0 Å². The van der Waals surface area contributed by atoms with E-state index >= 15 is 0 Å². The molecule has 1 aromatic rings. The Morgan fingerprint density at radius 3 is 2.89 bits per heavy atom. The standard InChI is InChI=1S/C16H21ClS/c17-14-7-3-1-5-12(9-14)10-15-11-13-6-2-4-8-16(13)18-15/h2,4,6,8,12,14-15H,1,3,5,7,9-11H2. The van der Waals surface area contributed by atoms with Crippen molar-refractivity contribution in [3.63, 3.8) is 0 Å². The summed E-state index contributed by atoms with van der Waals surface area (Å²) in [5.41, 5.74) is 1.56. The third kappa shape index (κ3) is 3.05. The van der Waals surface area contributed by atoms with E-state index in [4.69, 9.17) is 11.6 Å². The molecule has 3 rings (SSSR count). The van der Waals surface area contributed by atoms with E-state index in [1.807, 2.05) is 0 Å². The van der Waals surface area contributed by atoms with Crippen LogP contribution in [0.4, 0.5) is 0 Å². The molecule has 2 aliphatic rings. The van der Waals surface area contributed by atoms with Gasteiger partial charge >= 0.3 is 0 Å². The topological polar surface area (TPSA) is 0 Å². The van der Waals surface area contributed by atoms with Crippen LogP contribution in [0.2, 0.25) is 0 Å². The van der Waals surface area contributed by atoms with E-state index in [0.29, 0.717) is 5.38 Å². The lowest BCUT2D eigenvalue weighted by atomic mass is 9.93. The Bertz CT molecular complexity index is 379. The highest BCUT2D eigenvalue weighted by Crippen LogP contribution is 2.41. The Kier molecular flexibility index (Phi) is 4.20. The van der Waals surface area contributed by atoms with Crippen molar-refractivity contribution in [2.24, 2.45) is 5.92 Å². The fourth-order valence-corrected chi connectivity index (χ4v) is 5.22. The molecule has 0 N–H and O–H groups in total. The van der Waals surface area contributed by atoms with Crippen LogP contribution in [0.15, 0.2) is 29.2 Å². The average Bonchev–Trinajstić information content (AvgIpc) is 2.65. The van der Waals surface area contributed by atoms with Crippen molar-refractivity contribution in [3.8, 4) is 0 Å². The highest BCUT2D eigenvalue weighted by Gasteiger charge is 2.26. The summed E-state index contributed by atoms with van der Waals surface area (Å²) >= 11 is 8.48. The predicted molar refractivity (Wildman–Crippen MR) is 80.6 cm³/mol. The Labute approximate surface area is 119 Å². The van der Waals surface area contributed by atoms with Crippen molar-refractivity contribution in [3.05, 3.63) is 29.8 Å². The van der Waals surface area contributed by atoms with E-state index in [0.717, 1.165) is 11.2 Å².